The van der Waals surface area contributed by atoms with Gasteiger partial charge in [-0.05, 0) is 17.7 Å². The van der Waals surface area contributed by atoms with Crippen molar-refractivity contribution in [1.29, 1.82) is 0 Å². The number of amides is 1. The predicted octanol–water partition coefficient (Wildman–Crippen LogP) is 2.60. The van der Waals surface area contributed by atoms with Crippen molar-refractivity contribution in [1.82, 2.24) is 14.9 Å². The van der Waals surface area contributed by atoms with E-state index in [0.717, 1.165) is 23.7 Å². The van der Waals surface area contributed by atoms with Crippen LogP contribution in [0.1, 0.15) is 32.2 Å². The van der Waals surface area contributed by atoms with Gasteiger partial charge in [0.15, 0.2) is 0 Å². The van der Waals surface area contributed by atoms with E-state index in [0.29, 0.717) is 6.54 Å². The zero-order valence-corrected chi connectivity index (χ0v) is 13.1. The Hall–Kier alpha value is -2.30. The zero-order valence-electron chi connectivity index (χ0n) is 13.1. The average molecular weight is 289 g/mol. The molecule has 0 unspecified atom stereocenters. The van der Waals surface area contributed by atoms with E-state index in [4.69, 9.17) is 4.74 Å². The molecule has 0 saturated carbocycles. The fourth-order valence-corrected chi connectivity index (χ4v) is 1.78. The summed E-state index contributed by atoms with van der Waals surface area (Å²) in [7, 11) is 1.65. The Morgan fingerprint density at radius 1 is 1.29 bits per heavy atom. The summed E-state index contributed by atoms with van der Waals surface area (Å²) >= 11 is 0. The molecule has 114 valence electrons. The van der Waals surface area contributed by atoms with Gasteiger partial charge in [-0.3, -0.25) is 4.79 Å². The molecule has 0 aliphatic heterocycles. The molecule has 0 aliphatic rings. The van der Waals surface area contributed by atoms with Crippen molar-refractivity contribution in [3.8, 4) is 5.75 Å². The molecule has 0 aliphatic carbocycles. The quantitative estimate of drug-likeness (QED) is 0.920. The molecule has 2 rings (SSSR count). The summed E-state index contributed by atoms with van der Waals surface area (Å²) in [6.07, 6.45) is 3.64. The van der Waals surface area contributed by atoms with Crippen molar-refractivity contribution >= 4 is 5.91 Å². The Kier molecular flexibility index (Phi) is 7.01. The van der Waals surface area contributed by atoms with Crippen LogP contribution in [-0.2, 0) is 17.9 Å². The summed E-state index contributed by atoms with van der Waals surface area (Å²) in [5.41, 5.74) is 1.16. The van der Waals surface area contributed by atoms with Crippen LogP contribution in [0.5, 0.6) is 5.75 Å². The lowest BCUT2D eigenvalue weighted by Gasteiger charge is -2.09. The van der Waals surface area contributed by atoms with Gasteiger partial charge in [0.1, 0.15) is 11.6 Å². The van der Waals surface area contributed by atoms with Gasteiger partial charge in [-0.25, -0.2) is 4.98 Å². The van der Waals surface area contributed by atoms with Crippen molar-refractivity contribution in [2.75, 3.05) is 7.11 Å². The van der Waals surface area contributed by atoms with Gasteiger partial charge in [0.25, 0.3) is 0 Å². The first-order valence-electron chi connectivity index (χ1n) is 7.06. The molecule has 1 heterocycles. The Morgan fingerprint density at radius 2 is 1.95 bits per heavy atom. The van der Waals surface area contributed by atoms with Crippen molar-refractivity contribution in [2.24, 2.45) is 0 Å². The number of benzene rings is 1. The largest absolute Gasteiger partial charge is 0.497 e. The van der Waals surface area contributed by atoms with Gasteiger partial charge < -0.3 is 14.6 Å². The molecule has 5 heteroatoms. The second-order valence-corrected chi connectivity index (χ2v) is 4.23. The van der Waals surface area contributed by atoms with Crippen molar-refractivity contribution in [2.45, 2.75) is 33.9 Å². The molecule has 0 bridgehead atoms. The van der Waals surface area contributed by atoms with Gasteiger partial charge in [0.2, 0.25) is 5.91 Å². The normalized spacial score (nSPS) is 9.52. The number of nitrogens with zero attached hydrogens (tertiary/aromatic N) is 2. The Morgan fingerprint density at radius 3 is 2.52 bits per heavy atom. The number of hydrogen-bond acceptors (Lipinski definition) is 3. The Balaban J connectivity index is 0.00000106. The van der Waals surface area contributed by atoms with Crippen LogP contribution in [0, 0.1) is 0 Å². The molecule has 2 aromatic rings. The highest BCUT2D eigenvalue weighted by molar-refractivity contribution is 5.72. The summed E-state index contributed by atoms with van der Waals surface area (Å²) in [6, 6.07) is 7.89. The molecule has 0 saturated heterocycles. The van der Waals surface area contributed by atoms with Crippen LogP contribution in [-0.4, -0.2) is 22.6 Å². The summed E-state index contributed by atoms with van der Waals surface area (Å²) in [4.78, 5) is 15.2. The lowest BCUT2D eigenvalue weighted by Crippen LogP contribution is -2.21. The summed E-state index contributed by atoms with van der Waals surface area (Å²) in [5, 5.41) is 2.75. The van der Waals surface area contributed by atoms with Gasteiger partial charge in [-0.1, -0.05) is 26.0 Å². The van der Waals surface area contributed by atoms with E-state index in [2.05, 4.69) is 10.3 Å². The maximum atomic E-state index is 10.9. The standard InChI is InChI=1S/C14H17N3O2.C2H6/c1-11(18)16-9-14-15-7-8-17(14)10-12-3-5-13(19-2)6-4-12;1-2/h3-8H,9-10H2,1-2H3,(H,16,18);1-2H3. The monoisotopic (exact) mass is 289 g/mol. The van der Waals surface area contributed by atoms with E-state index in [1.54, 1.807) is 13.3 Å². The lowest BCUT2D eigenvalue weighted by atomic mass is 10.2. The fraction of sp³-hybridized carbons (Fsp3) is 0.375. The molecule has 21 heavy (non-hydrogen) atoms. The molecule has 1 N–H and O–H groups in total. The number of carbonyl (C=O) groups excluding carboxylic acids is 1. The highest BCUT2D eigenvalue weighted by Gasteiger charge is 2.04. The van der Waals surface area contributed by atoms with Crippen LogP contribution in [0.3, 0.4) is 0 Å². The minimum Gasteiger partial charge on any atom is -0.497 e. The molecule has 0 spiro atoms. The average Bonchev–Trinajstić information content (AvgIpc) is 2.95. The number of rotatable bonds is 5. The maximum Gasteiger partial charge on any atom is 0.217 e. The molecular formula is C16H23N3O2. The van der Waals surface area contributed by atoms with E-state index in [9.17, 15) is 4.79 Å². The Labute approximate surface area is 126 Å². The van der Waals surface area contributed by atoms with Gasteiger partial charge in [-0.2, -0.15) is 0 Å². The first-order valence-corrected chi connectivity index (χ1v) is 7.06. The molecular weight excluding hydrogens is 266 g/mol. The second-order valence-electron chi connectivity index (χ2n) is 4.23. The third kappa shape index (κ3) is 5.30. The molecule has 0 atom stereocenters. The molecule has 0 fully saturated rings. The Bertz CT molecular complexity index is 547. The van der Waals surface area contributed by atoms with E-state index >= 15 is 0 Å². The van der Waals surface area contributed by atoms with Crippen molar-refractivity contribution < 1.29 is 9.53 Å². The van der Waals surface area contributed by atoms with E-state index in [1.807, 2.05) is 48.9 Å². The summed E-state index contributed by atoms with van der Waals surface area (Å²) in [6.45, 7) is 6.66. The zero-order chi connectivity index (χ0) is 15.7. The van der Waals surface area contributed by atoms with Crippen LogP contribution in [0.4, 0.5) is 0 Å². The number of nitrogens with one attached hydrogen (secondary N) is 1. The second kappa shape index (κ2) is 8.79. The van der Waals surface area contributed by atoms with Crippen LogP contribution < -0.4 is 10.1 Å². The molecule has 1 aromatic carbocycles. The van der Waals surface area contributed by atoms with Gasteiger partial charge in [0, 0.05) is 25.9 Å². The van der Waals surface area contributed by atoms with Gasteiger partial charge >= 0.3 is 0 Å². The SMILES string of the molecule is CC.COc1ccc(Cn2ccnc2CNC(C)=O)cc1. The molecule has 1 aromatic heterocycles. The maximum absolute atomic E-state index is 10.9. The minimum absolute atomic E-state index is 0.0565. The first kappa shape index (κ1) is 16.8. The highest BCUT2D eigenvalue weighted by Crippen LogP contribution is 2.13. The fourth-order valence-electron chi connectivity index (χ4n) is 1.78. The van der Waals surface area contributed by atoms with Gasteiger partial charge in [0.05, 0.1) is 13.7 Å². The van der Waals surface area contributed by atoms with Crippen molar-refractivity contribution in [3.05, 3.63) is 48.0 Å². The highest BCUT2D eigenvalue weighted by atomic mass is 16.5. The molecule has 5 nitrogen and oxygen atoms in total. The lowest BCUT2D eigenvalue weighted by molar-refractivity contribution is -0.119. The summed E-state index contributed by atoms with van der Waals surface area (Å²) in [5.74, 6) is 1.62. The minimum atomic E-state index is -0.0565. The van der Waals surface area contributed by atoms with E-state index < -0.39 is 0 Å². The number of hydrogen-bond donors (Lipinski definition) is 1. The number of ether oxygens (including phenoxy) is 1. The van der Waals surface area contributed by atoms with E-state index in [1.165, 1.54) is 6.92 Å². The van der Waals surface area contributed by atoms with Crippen LogP contribution in [0.25, 0.3) is 0 Å². The smallest absolute Gasteiger partial charge is 0.217 e. The van der Waals surface area contributed by atoms with Crippen LogP contribution in [0.2, 0.25) is 0 Å². The van der Waals surface area contributed by atoms with Crippen molar-refractivity contribution in [3.63, 3.8) is 0 Å². The van der Waals surface area contributed by atoms with Crippen LogP contribution >= 0.6 is 0 Å². The first-order chi connectivity index (χ1) is 10.2. The number of methoxy groups -OCH3 is 1. The number of aromatic nitrogens is 2. The number of imidazole rings is 1. The third-order valence-corrected chi connectivity index (χ3v) is 2.81. The van der Waals surface area contributed by atoms with Crippen LogP contribution in [0.15, 0.2) is 36.7 Å². The van der Waals surface area contributed by atoms with Gasteiger partial charge in [-0.15, -0.1) is 0 Å². The topological polar surface area (TPSA) is 56.1 Å². The third-order valence-electron chi connectivity index (χ3n) is 2.81. The summed E-state index contributed by atoms with van der Waals surface area (Å²) < 4.78 is 7.14. The van der Waals surface area contributed by atoms with E-state index in [-0.39, 0.29) is 5.91 Å². The number of carbonyl (C=O) groups is 1. The predicted molar refractivity (Wildman–Crippen MR) is 83.2 cm³/mol. The molecule has 0 radical (unpaired) electrons. The molecule has 1 amide bonds.